The van der Waals surface area contributed by atoms with Crippen LogP contribution in [0, 0.1) is 0 Å². The van der Waals surface area contributed by atoms with Gasteiger partial charge in [-0.05, 0) is 153 Å². The van der Waals surface area contributed by atoms with Crippen LogP contribution in [0.2, 0.25) is 0 Å². The van der Waals surface area contributed by atoms with Gasteiger partial charge in [0.25, 0.3) is 0 Å². The second-order valence-electron chi connectivity index (χ2n) is 20.0. The van der Waals surface area contributed by atoms with Gasteiger partial charge in [-0.3, -0.25) is 0 Å². The Morgan fingerprint density at radius 2 is 1.01 bits per heavy atom. The first-order valence-electron chi connectivity index (χ1n) is 24.0. The minimum atomic E-state index is -0.0883. The maximum Gasteiger partial charge on any atom is 0.0473 e. The normalized spacial score (nSPS) is 15.4. The van der Waals surface area contributed by atoms with Crippen molar-refractivity contribution in [1.29, 1.82) is 0 Å². The van der Waals surface area contributed by atoms with E-state index in [4.69, 9.17) is 0 Å². The Kier molecular flexibility index (Phi) is 8.64. The smallest absolute Gasteiger partial charge is 0.0473 e. The molecule has 9 aromatic carbocycles. The molecule has 0 N–H and O–H groups in total. The van der Waals surface area contributed by atoms with E-state index >= 15 is 0 Å². The van der Waals surface area contributed by atoms with Gasteiger partial charge in [-0.25, -0.2) is 0 Å². The molecule has 2 nitrogen and oxygen atoms in total. The molecular weight excluding hydrogens is 861 g/mol. The Bertz CT molecular complexity index is 3850. The van der Waals surface area contributed by atoms with E-state index in [1.54, 1.807) is 0 Å². The SMILES string of the molecule is CC1(C)c2ccccc2-c2ccc(N(C3=CC=CCC3)c3ccc4c(c3)sc3cc5c6c(cccc6c34)Sc3cc(N(c4ccccc4)c4ccc6c(c4)C(C)(C)c4ccccc4-6)ccc3-5)cc21. The number of hydrogen-bond acceptors (Lipinski definition) is 4. The fourth-order valence-electron chi connectivity index (χ4n) is 12.2. The highest BCUT2D eigenvalue weighted by atomic mass is 32.2. The van der Waals surface area contributed by atoms with Crippen LogP contribution in [-0.2, 0) is 10.8 Å². The van der Waals surface area contributed by atoms with Gasteiger partial charge in [-0.15, -0.1) is 11.3 Å². The van der Waals surface area contributed by atoms with Crippen LogP contribution in [0.25, 0.3) is 64.3 Å². The van der Waals surface area contributed by atoms with Crippen LogP contribution >= 0.6 is 23.1 Å². The molecule has 0 fully saturated rings. The van der Waals surface area contributed by atoms with Crippen LogP contribution < -0.4 is 9.80 Å². The molecule has 326 valence electrons. The lowest BCUT2D eigenvalue weighted by atomic mass is 9.82. The zero-order valence-electron chi connectivity index (χ0n) is 38.6. The molecule has 0 amide bonds. The molecule has 4 heteroatoms. The molecule has 0 bridgehead atoms. The summed E-state index contributed by atoms with van der Waals surface area (Å²) in [6.45, 7) is 9.49. The van der Waals surface area contributed by atoms with Crippen LogP contribution in [-0.4, -0.2) is 0 Å². The summed E-state index contributed by atoms with van der Waals surface area (Å²) < 4.78 is 2.64. The number of rotatable bonds is 6. The lowest BCUT2D eigenvalue weighted by Crippen LogP contribution is -2.19. The molecule has 0 saturated heterocycles. The van der Waals surface area contributed by atoms with Crippen LogP contribution in [0.1, 0.15) is 62.8 Å². The number of allylic oxidation sites excluding steroid dienone is 4. The number of nitrogens with zero attached hydrogens (tertiary/aromatic N) is 2. The second kappa shape index (κ2) is 14.7. The average Bonchev–Trinajstić information content (AvgIpc) is 3.94. The highest BCUT2D eigenvalue weighted by molar-refractivity contribution is 7.99. The van der Waals surface area contributed by atoms with E-state index in [0.717, 1.165) is 24.2 Å². The van der Waals surface area contributed by atoms with Crippen LogP contribution in [0.4, 0.5) is 28.4 Å². The van der Waals surface area contributed by atoms with Crippen molar-refractivity contribution in [3.05, 3.63) is 222 Å². The molecule has 2 heterocycles. The number of hydrogen-bond donors (Lipinski definition) is 0. The summed E-state index contributed by atoms with van der Waals surface area (Å²) in [7, 11) is 0. The first-order chi connectivity index (χ1) is 33.2. The fourth-order valence-corrected chi connectivity index (χ4v) is 14.5. The summed E-state index contributed by atoms with van der Waals surface area (Å²) in [6, 6.07) is 66.7. The van der Waals surface area contributed by atoms with E-state index in [1.807, 2.05) is 23.1 Å². The van der Waals surface area contributed by atoms with Crippen molar-refractivity contribution < 1.29 is 0 Å². The predicted octanol–water partition coefficient (Wildman–Crippen LogP) is 18.8. The average molecular weight is 909 g/mol. The molecule has 0 atom stereocenters. The Morgan fingerprint density at radius 1 is 0.412 bits per heavy atom. The standard InChI is InChI=1S/C64H48N2S2/c1-63(2)53-23-13-11-20-45(53)47-30-26-41(34-55(47)63)65(39-16-7-5-8-17-39)43-28-32-49-52-38-60-61(51-22-15-25-57(62(51)52)67-58(49)36-43)50-33-29-44(37-59(50)68-60)66(40-18-9-6-10-19-40)42-27-31-48-46-21-12-14-24-54(46)64(3,4)56(48)35-42/h5-9,11-18,20-38H,10,19H2,1-4H3. The summed E-state index contributed by atoms with van der Waals surface area (Å²) in [4.78, 5) is 7.56. The monoisotopic (exact) mass is 908 g/mol. The van der Waals surface area contributed by atoms with Gasteiger partial charge in [-0.1, -0.05) is 155 Å². The maximum atomic E-state index is 2.52. The Morgan fingerprint density at radius 3 is 1.71 bits per heavy atom. The first kappa shape index (κ1) is 40.0. The molecule has 0 unspecified atom stereocenters. The second-order valence-corrected chi connectivity index (χ2v) is 22.1. The Hall–Kier alpha value is -7.11. The maximum absolute atomic E-state index is 2.52. The number of fused-ring (bicyclic) bond motifs is 12. The van der Waals surface area contributed by atoms with Gasteiger partial charge in [0.05, 0.1) is 0 Å². The first-order valence-corrected chi connectivity index (χ1v) is 25.6. The van der Waals surface area contributed by atoms with Crippen molar-refractivity contribution in [2.24, 2.45) is 0 Å². The van der Waals surface area contributed by atoms with Crippen LogP contribution in [0.15, 0.2) is 210 Å². The summed E-state index contributed by atoms with van der Waals surface area (Å²) in [5.74, 6) is 0. The molecule has 14 rings (SSSR count). The number of thiophene rings is 1. The Labute approximate surface area is 406 Å². The zero-order valence-corrected chi connectivity index (χ0v) is 40.2. The van der Waals surface area contributed by atoms with Crippen molar-refractivity contribution in [3.63, 3.8) is 0 Å². The number of anilines is 5. The van der Waals surface area contributed by atoms with Gasteiger partial charge in [0, 0.05) is 80.3 Å². The third-order valence-corrected chi connectivity index (χ3v) is 17.7. The summed E-state index contributed by atoms with van der Waals surface area (Å²) in [6.07, 6.45) is 8.87. The van der Waals surface area contributed by atoms with Crippen molar-refractivity contribution in [2.45, 2.75) is 61.2 Å². The van der Waals surface area contributed by atoms with E-state index in [-0.39, 0.29) is 10.8 Å². The van der Waals surface area contributed by atoms with Crippen LogP contribution in [0.5, 0.6) is 0 Å². The third kappa shape index (κ3) is 5.77. The highest BCUT2D eigenvalue weighted by Gasteiger charge is 2.37. The van der Waals surface area contributed by atoms with Gasteiger partial charge in [0.15, 0.2) is 0 Å². The number of para-hydroxylation sites is 1. The van der Waals surface area contributed by atoms with Gasteiger partial charge in [0.1, 0.15) is 0 Å². The van der Waals surface area contributed by atoms with E-state index in [9.17, 15) is 0 Å². The molecule has 10 aromatic rings. The largest absolute Gasteiger partial charge is 0.314 e. The molecule has 4 aliphatic rings. The summed E-state index contributed by atoms with van der Waals surface area (Å²) in [5.41, 5.74) is 20.7. The highest BCUT2D eigenvalue weighted by Crippen LogP contribution is 2.56. The van der Waals surface area contributed by atoms with Gasteiger partial charge in [0.2, 0.25) is 0 Å². The van der Waals surface area contributed by atoms with Crippen molar-refractivity contribution >= 4 is 82.5 Å². The minimum Gasteiger partial charge on any atom is -0.314 e. The molecule has 1 aromatic heterocycles. The van der Waals surface area contributed by atoms with E-state index in [1.165, 1.54) is 119 Å². The lowest BCUT2D eigenvalue weighted by Gasteiger charge is -2.30. The molecule has 0 radical (unpaired) electrons. The molecular formula is C64H48N2S2. The van der Waals surface area contributed by atoms with E-state index < -0.39 is 0 Å². The topological polar surface area (TPSA) is 6.48 Å². The molecule has 0 saturated carbocycles. The Balaban J connectivity index is 0.882. The van der Waals surface area contributed by atoms with E-state index in [0.29, 0.717) is 0 Å². The van der Waals surface area contributed by atoms with Crippen molar-refractivity contribution in [2.75, 3.05) is 9.80 Å². The fraction of sp³-hybridized carbons (Fsp3) is 0.125. The molecule has 1 aliphatic heterocycles. The minimum absolute atomic E-state index is 0.0713. The van der Waals surface area contributed by atoms with Gasteiger partial charge >= 0.3 is 0 Å². The molecule has 3 aliphatic carbocycles. The van der Waals surface area contributed by atoms with E-state index in [2.05, 4.69) is 232 Å². The molecule has 68 heavy (non-hydrogen) atoms. The predicted molar refractivity (Wildman–Crippen MR) is 291 cm³/mol. The quantitative estimate of drug-likeness (QED) is 0.164. The van der Waals surface area contributed by atoms with Crippen LogP contribution in [0.3, 0.4) is 0 Å². The third-order valence-electron chi connectivity index (χ3n) is 15.5. The van der Waals surface area contributed by atoms with Crippen molar-refractivity contribution in [1.82, 2.24) is 0 Å². The van der Waals surface area contributed by atoms with Gasteiger partial charge < -0.3 is 9.80 Å². The lowest BCUT2D eigenvalue weighted by molar-refractivity contribution is 0.660. The number of benzene rings is 9. The zero-order chi connectivity index (χ0) is 45.5. The van der Waals surface area contributed by atoms with Crippen molar-refractivity contribution in [3.8, 4) is 33.4 Å². The molecule has 0 spiro atoms. The van der Waals surface area contributed by atoms with Gasteiger partial charge in [-0.2, -0.15) is 0 Å². The summed E-state index contributed by atoms with van der Waals surface area (Å²) >= 11 is 3.84. The summed E-state index contributed by atoms with van der Waals surface area (Å²) in [5, 5.41) is 5.38.